The van der Waals surface area contributed by atoms with Gasteiger partial charge in [-0.15, -0.1) is 0 Å². The van der Waals surface area contributed by atoms with Crippen LogP contribution in [0.15, 0.2) is 12.3 Å². The molecule has 4 nitrogen and oxygen atoms in total. The highest BCUT2D eigenvalue weighted by Crippen LogP contribution is 2.12. The van der Waals surface area contributed by atoms with Crippen molar-refractivity contribution in [2.75, 3.05) is 12.8 Å². The van der Waals surface area contributed by atoms with Crippen molar-refractivity contribution < 1.29 is 9.53 Å². The predicted octanol–water partition coefficient (Wildman–Crippen LogP) is 0.394. The van der Waals surface area contributed by atoms with Crippen molar-refractivity contribution in [3.63, 3.8) is 0 Å². The third kappa shape index (κ3) is 1.19. The smallest absolute Gasteiger partial charge is 0.356 e. The van der Waals surface area contributed by atoms with Crippen molar-refractivity contribution in [3.8, 4) is 0 Å². The summed E-state index contributed by atoms with van der Waals surface area (Å²) >= 11 is 0. The molecule has 4 heteroatoms. The fourth-order valence-corrected chi connectivity index (χ4v) is 0.908. The van der Waals surface area contributed by atoms with E-state index in [0.29, 0.717) is 11.4 Å². The lowest BCUT2D eigenvalue weighted by Crippen LogP contribution is -2.09. The number of rotatable bonds is 1. The van der Waals surface area contributed by atoms with Crippen LogP contribution in [0.2, 0.25) is 0 Å². The first-order valence-electron chi connectivity index (χ1n) is 3.16. The van der Waals surface area contributed by atoms with Crippen LogP contribution >= 0.6 is 0 Å². The molecule has 0 aliphatic carbocycles. The first-order chi connectivity index (χ1) is 5.16. The van der Waals surface area contributed by atoms with Crippen molar-refractivity contribution in [1.82, 2.24) is 4.57 Å². The van der Waals surface area contributed by atoms with Gasteiger partial charge in [-0.25, -0.2) is 4.79 Å². The van der Waals surface area contributed by atoms with Crippen LogP contribution in [0.1, 0.15) is 10.5 Å². The summed E-state index contributed by atoms with van der Waals surface area (Å²) in [6.07, 6.45) is 1.71. The second-order valence-corrected chi connectivity index (χ2v) is 2.22. The van der Waals surface area contributed by atoms with Crippen LogP contribution in [0, 0.1) is 0 Å². The highest BCUT2D eigenvalue weighted by molar-refractivity contribution is 5.93. The van der Waals surface area contributed by atoms with E-state index in [1.165, 1.54) is 7.11 Å². The zero-order valence-electron chi connectivity index (χ0n) is 6.50. The molecule has 0 aliphatic heterocycles. The highest BCUT2D eigenvalue weighted by atomic mass is 16.5. The minimum absolute atomic E-state index is 0.396. The molecule has 60 valence electrons. The summed E-state index contributed by atoms with van der Waals surface area (Å²) in [5.41, 5.74) is 6.34. The molecule has 0 amide bonds. The lowest BCUT2D eigenvalue weighted by Gasteiger charge is -2.00. The van der Waals surface area contributed by atoms with Crippen LogP contribution in [-0.4, -0.2) is 17.6 Å². The lowest BCUT2D eigenvalue weighted by molar-refractivity contribution is 0.0591. The Labute approximate surface area is 64.6 Å². The molecule has 1 heterocycles. The molecule has 0 spiro atoms. The van der Waals surface area contributed by atoms with E-state index in [0.717, 1.165) is 0 Å². The number of carbonyl (C=O) groups excluding carboxylic acids is 1. The number of methoxy groups -OCH3 is 1. The number of esters is 1. The second-order valence-electron chi connectivity index (χ2n) is 2.22. The average molecular weight is 154 g/mol. The monoisotopic (exact) mass is 154 g/mol. The third-order valence-electron chi connectivity index (χ3n) is 1.48. The molecule has 1 rings (SSSR count). The van der Waals surface area contributed by atoms with Crippen molar-refractivity contribution in [2.24, 2.45) is 7.05 Å². The van der Waals surface area contributed by atoms with Crippen LogP contribution in [0.3, 0.4) is 0 Å². The molecule has 0 aromatic carbocycles. The zero-order valence-corrected chi connectivity index (χ0v) is 6.50. The SMILES string of the molecule is COC(=O)c1c(N)ccn1C. The minimum Gasteiger partial charge on any atom is -0.464 e. The number of ether oxygens (including phenoxy) is 1. The van der Waals surface area contributed by atoms with E-state index >= 15 is 0 Å². The Morgan fingerprint density at radius 3 is 2.73 bits per heavy atom. The molecule has 0 radical (unpaired) electrons. The van der Waals surface area contributed by atoms with Crippen molar-refractivity contribution in [2.45, 2.75) is 0 Å². The molecule has 0 fully saturated rings. The molecule has 1 aromatic rings. The average Bonchev–Trinajstić information content (AvgIpc) is 2.30. The molecular weight excluding hydrogens is 144 g/mol. The van der Waals surface area contributed by atoms with Crippen molar-refractivity contribution >= 4 is 11.7 Å². The summed E-state index contributed by atoms with van der Waals surface area (Å²) in [5, 5.41) is 0. The van der Waals surface area contributed by atoms with Crippen molar-refractivity contribution in [1.29, 1.82) is 0 Å². The molecule has 1 aromatic heterocycles. The van der Waals surface area contributed by atoms with Gasteiger partial charge in [0.25, 0.3) is 0 Å². The van der Waals surface area contributed by atoms with E-state index in [-0.39, 0.29) is 0 Å². The van der Waals surface area contributed by atoms with Gasteiger partial charge in [0.15, 0.2) is 5.69 Å². The molecule has 0 unspecified atom stereocenters. The maximum absolute atomic E-state index is 11.0. The van der Waals surface area contributed by atoms with Crippen molar-refractivity contribution in [3.05, 3.63) is 18.0 Å². The lowest BCUT2D eigenvalue weighted by atomic mass is 10.4. The van der Waals surface area contributed by atoms with E-state index < -0.39 is 5.97 Å². The number of anilines is 1. The van der Waals surface area contributed by atoms with E-state index in [1.807, 2.05) is 0 Å². The number of hydrogen-bond acceptors (Lipinski definition) is 3. The second kappa shape index (κ2) is 2.65. The fourth-order valence-electron chi connectivity index (χ4n) is 0.908. The predicted molar refractivity (Wildman–Crippen MR) is 41.2 cm³/mol. The quantitative estimate of drug-likeness (QED) is 0.595. The molecule has 0 bridgehead atoms. The largest absolute Gasteiger partial charge is 0.464 e. The Morgan fingerprint density at radius 2 is 2.36 bits per heavy atom. The zero-order chi connectivity index (χ0) is 8.43. The molecule has 0 saturated heterocycles. The van der Waals surface area contributed by atoms with Crippen LogP contribution < -0.4 is 5.73 Å². The summed E-state index contributed by atoms with van der Waals surface area (Å²) in [6, 6.07) is 1.66. The summed E-state index contributed by atoms with van der Waals surface area (Å²) in [6.45, 7) is 0. The van der Waals surface area contributed by atoms with Gasteiger partial charge < -0.3 is 15.0 Å². The molecule has 11 heavy (non-hydrogen) atoms. The summed E-state index contributed by atoms with van der Waals surface area (Å²) in [5.74, 6) is -0.407. The van der Waals surface area contributed by atoms with E-state index in [2.05, 4.69) is 4.74 Å². The van der Waals surface area contributed by atoms with E-state index in [9.17, 15) is 4.79 Å². The topological polar surface area (TPSA) is 57.2 Å². The number of aromatic nitrogens is 1. The van der Waals surface area contributed by atoms with Gasteiger partial charge in [0.1, 0.15) is 0 Å². The van der Waals surface area contributed by atoms with Gasteiger partial charge in [-0.05, 0) is 6.07 Å². The maximum atomic E-state index is 11.0. The first-order valence-corrected chi connectivity index (χ1v) is 3.16. The van der Waals surface area contributed by atoms with Crippen LogP contribution in [0.25, 0.3) is 0 Å². The number of hydrogen-bond donors (Lipinski definition) is 1. The fraction of sp³-hybridized carbons (Fsp3) is 0.286. The van der Waals surface area contributed by atoms with Crippen LogP contribution in [0.4, 0.5) is 5.69 Å². The minimum atomic E-state index is -0.407. The Balaban J connectivity index is 3.10. The normalized spacial score (nSPS) is 9.64. The Kier molecular flexibility index (Phi) is 1.85. The number of nitrogens with two attached hydrogens (primary N) is 1. The number of nitrogen functional groups attached to an aromatic ring is 1. The standard InChI is InChI=1S/C7H10N2O2/c1-9-4-3-5(8)6(9)7(10)11-2/h3-4H,8H2,1-2H3. The van der Waals surface area contributed by atoms with Gasteiger partial charge in [0.05, 0.1) is 12.8 Å². The number of aryl methyl sites for hydroxylation is 1. The number of nitrogens with zero attached hydrogens (tertiary/aromatic N) is 1. The summed E-state index contributed by atoms with van der Waals surface area (Å²) in [4.78, 5) is 11.0. The highest BCUT2D eigenvalue weighted by Gasteiger charge is 2.12. The summed E-state index contributed by atoms with van der Waals surface area (Å²) < 4.78 is 6.14. The van der Waals surface area contributed by atoms with Gasteiger partial charge >= 0.3 is 5.97 Å². The van der Waals surface area contributed by atoms with Crippen LogP contribution in [0.5, 0.6) is 0 Å². The van der Waals surface area contributed by atoms with E-state index in [4.69, 9.17) is 5.73 Å². The third-order valence-corrected chi connectivity index (χ3v) is 1.48. The molecular formula is C7H10N2O2. The first kappa shape index (κ1) is 7.65. The number of carbonyl (C=O) groups is 1. The Hall–Kier alpha value is -1.45. The molecule has 0 saturated carbocycles. The van der Waals surface area contributed by atoms with Gasteiger partial charge in [-0.1, -0.05) is 0 Å². The maximum Gasteiger partial charge on any atom is 0.356 e. The Morgan fingerprint density at radius 1 is 1.73 bits per heavy atom. The molecule has 2 N–H and O–H groups in total. The van der Waals surface area contributed by atoms with Crippen LogP contribution in [-0.2, 0) is 11.8 Å². The van der Waals surface area contributed by atoms with Gasteiger partial charge in [-0.3, -0.25) is 0 Å². The molecule has 0 aliphatic rings. The Bertz CT molecular complexity index is 258. The molecule has 0 atom stereocenters. The van der Waals surface area contributed by atoms with Gasteiger partial charge in [-0.2, -0.15) is 0 Å². The van der Waals surface area contributed by atoms with Gasteiger partial charge in [0, 0.05) is 13.2 Å². The summed E-state index contributed by atoms with van der Waals surface area (Å²) in [7, 11) is 3.07. The van der Waals surface area contributed by atoms with Gasteiger partial charge in [0.2, 0.25) is 0 Å². The van der Waals surface area contributed by atoms with E-state index in [1.54, 1.807) is 23.9 Å².